The third-order valence-electron chi connectivity index (χ3n) is 7.19. The van der Waals surface area contributed by atoms with Crippen molar-refractivity contribution in [1.82, 2.24) is 0 Å². The van der Waals surface area contributed by atoms with E-state index in [0.29, 0.717) is 5.56 Å². The van der Waals surface area contributed by atoms with Crippen molar-refractivity contribution in [2.45, 2.75) is 38.5 Å². The number of anilines is 3. The van der Waals surface area contributed by atoms with Crippen LogP contribution in [0, 0.1) is 5.92 Å². The average molecular weight is 453 g/mol. The number of carboxylic acid groups (broad SMARTS) is 1. The zero-order chi connectivity index (χ0) is 23.3. The van der Waals surface area contributed by atoms with E-state index < -0.39 is 5.97 Å². The van der Waals surface area contributed by atoms with Gasteiger partial charge in [0.25, 0.3) is 0 Å². The molecular formula is C30H32N2O2. The lowest BCUT2D eigenvalue weighted by molar-refractivity contribution is 0.0697. The van der Waals surface area contributed by atoms with Crippen molar-refractivity contribution < 1.29 is 9.90 Å². The van der Waals surface area contributed by atoms with Crippen LogP contribution in [0.2, 0.25) is 0 Å². The van der Waals surface area contributed by atoms with Crippen LogP contribution in [0.15, 0.2) is 84.4 Å². The number of allylic oxidation sites excluding steroid dienone is 1. The first-order chi connectivity index (χ1) is 16.6. The van der Waals surface area contributed by atoms with Gasteiger partial charge in [-0.2, -0.15) is 0 Å². The molecule has 34 heavy (non-hydrogen) atoms. The summed E-state index contributed by atoms with van der Waals surface area (Å²) in [4.78, 5) is 13.5. The first-order valence-corrected chi connectivity index (χ1v) is 12.4. The normalized spacial score (nSPS) is 17.6. The summed E-state index contributed by atoms with van der Waals surface area (Å²) in [6.07, 6.45) is 9.83. The van der Waals surface area contributed by atoms with Gasteiger partial charge >= 0.3 is 5.97 Å². The Morgan fingerprint density at radius 1 is 0.853 bits per heavy atom. The molecule has 5 rings (SSSR count). The van der Waals surface area contributed by atoms with E-state index in [1.807, 2.05) is 0 Å². The Kier molecular flexibility index (Phi) is 6.66. The van der Waals surface area contributed by atoms with Gasteiger partial charge in [-0.1, -0.05) is 35.9 Å². The standard InChI is InChI=1S/C30H32N2O2/c33-30(34)25-11-15-28(16-12-25)31-27-13-7-22(8-14-27)5-6-23-9-17-29(18-10-23)32-20-19-24-3-1-2-4-26(24)21-32/h4,7-18,24,31H,1-3,5-6,19-21H2,(H,33,34)/t24-/m0/s1. The zero-order valence-electron chi connectivity index (χ0n) is 19.5. The highest BCUT2D eigenvalue weighted by molar-refractivity contribution is 5.88. The summed E-state index contributed by atoms with van der Waals surface area (Å²) in [7, 11) is 0. The van der Waals surface area contributed by atoms with E-state index in [0.717, 1.165) is 36.7 Å². The first kappa shape index (κ1) is 22.3. The Labute approximate surface area is 201 Å². The average Bonchev–Trinajstić information content (AvgIpc) is 2.89. The molecule has 0 bridgehead atoms. The molecule has 0 unspecified atom stereocenters. The molecule has 1 saturated heterocycles. The third-order valence-corrected chi connectivity index (χ3v) is 7.19. The smallest absolute Gasteiger partial charge is 0.335 e. The van der Waals surface area contributed by atoms with Crippen molar-refractivity contribution in [3.05, 3.63) is 101 Å². The summed E-state index contributed by atoms with van der Waals surface area (Å²) in [6, 6.07) is 24.4. The van der Waals surface area contributed by atoms with Crippen LogP contribution in [0.3, 0.4) is 0 Å². The molecule has 0 spiro atoms. The molecule has 1 atom stereocenters. The van der Waals surface area contributed by atoms with Crippen molar-refractivity contribution in [3.8, 4) is 0 Å². The molecule has 2 aliphatic rings. The number of fused-ring (bicyclic) bond motifs is 1. The highest BCUT2D eigenvalue weighted by atomic mass is 16.4. The summed E-state index contributed by atoms with van der Waals surface area (Å²) in [5, 5.41) is 12.3. The number of hydrogen-bond donors (Lipinski definition) is 2. The van der Waals surface area contributed by atoms with E-state index in [-0.39, 0.29) is 0 Å². The third kappa shape index (κ3) is 5.33. The van der Waals surface area contributed by atoms with E-state index in [1.165, 1.54) is 49.0 Å². The number of nitrogens with one attached hydrogen (secondary N) is 1. The Morgan fingerprint density at radius 2 is 1.47 bits per heavy atom. The maximum atomic E-state index is 11.0. The lowest BCUT2D eigenvalue weighted by atomic mass is 9.82. The van der Waals surface area contributed by atoms with E-state index in [2.05, 4.69) is 64.8 Å². The molecular weight excluding hydrogens is 420 g/mol. The Balaban J connectivity index is 1.13. The number of benzene rings is 3. The van der Waals surface area contributed by atoms with Gasteiger partial charge in [0.15, 0.2) is 0 Å². The fraction of sp³-hybridized carbons (Fsp3) is 0.300. The second-order valence-electron chi connectivity index (χ2n) is 9.49. The van der Waals surface area contributed by atoms with E-state index in [1.54, 1.807) is 29.8 Å². The molecule has 0 radical (unpaired) electrons. The summed E-state index contributed by atoms with van der Waals surface area (Å²) >= 11 is 0. The van der Waals surface area contributed by atoms with Gasteiger partial charge in [-0.25, -0.2) is 4.79 Å². The predicted molar refractivity (Wildman–Crippen MR) is 139 cm³/mol. The molecule has 1 heterocycles. The van der Waals surface area contributed by atoms with Crippen LogP contribution in [0.1, 0.15) is 47.2 Å². The molecule has 3 aromatic carbocycles. The van der Waals surface area contributed by atoms with Crippen LogP contribution >= 0.6 is 0 Å². The maximum absolute atomic E-state index is 11.0. The minimum absolute atomic E-state index is 0.292. The molecule has 3 aromatic rings. The SMILES string of the molecule is O=C(O)c1ccc(Nc2ccc(CCc3ccc(N4CC[C@@H]5CCCC=C5C4)cc3)cc2)cc1. The fourth-order valence-corrected chi connectivity index (χ4v) is 5.14. The number of piperidine rings is 1. The van der Waals surface area contributed by atoms with Gasteiger partial charge in [-0.05, 0) is 104 Å². The molecule has 4 heteroatoms. The minimum atomic E-state index is -0.910. The molecule has 4 nitrogen and oxygen atoms in total. The second kappa shape index (κ2) is 10.2. The number of aromatic carboxylic acids is 1. The van der Waals surface area contributed by atoms with Crippen molar-refractivity contribution in [1.29, 1.82) is 0 Å². The van der Waals surface area contributed by atoms with Crippen LogP contribution in [-0.2, 0) is 12.8 Å². The van der Waals surface area contributed by atoms with Crippen molar-refractivity contribution in [2.24, 2.45) is 5.92 Å². The van der Waals surface area contributed by atoms with E-state index in [9.17, 15) is 4.79 Å². The summed E-state index contributed by atoms with van der Waals surface area (Å²) < 4.78 is 0. The van der Waals surface area contributed by atoms with Gasteiger partial charge < -0.3 is 15.3 Å². The van der Waals surface area contributed by atoms with E-state index in [4.69, 9.17) is 5.11 Å². The largest absolute Gasteiger partial charge is 0.478 e. The molecule has 0 aromatic heterocycles. The quantitative estimate of drug-likeness (QED) is 0.385. The molecule has 1 aliphatic carbocycles. The minimum Gasteiger partial charge on any atom is -0.478 e. The molecule has 2 N–H and O–H groups in total. The van der Waals surface area contributed by atoms with Gasteiger partial charge in [0.1, 0.15) is 0 Å². The molecule has 174 valence electrons. The molecule has 0 amide bonds. The van der Waals surface area contributed by atoms with Crippen LogP contribution in [0.4, 0.5) is 17.1 Å². The summed E-state index contributed by atoms with van der Waals surface area (Å²) in [6.45, 7) is 2.28. The van der Waals surface area contributed by atoms with Crippen molar-refractivity contribution >= 4 is 23.0 Å². The van der Waals surface area contributed by atoms with Crippen LogP contribution in [0.25, 0.3) is 0 Å². The maximum Gasteiger partial charge on any atom is 0.335 e. The lowest BCUT2D eigenvalue weighted by Gasteiger charge is -2.37. The summed E-state index contributed by atoms with van der Waals surface area (Å²) in [5.74, 6) is -0.0735. The van der Waals surface area contributed by atoms with Crippen LogP contribution in [-0.4, -0.2) is 24.2 Å². The number of aryl methyl sites for hydroxylation is 2. The summed E-state index contributed by atoms with van der Waals surface area (Å²) in [5.41, 5.74) is 7.85. The van der Waals surface area contributed by atoms with Gasteiger partial charge in [-0.3, -0.25) is 0 Å². The van der Waals surface area contributed by atoms with Crippen LogP contribution in [0.5, 0.6) is 0 Å². The highest BCUT2D eigenvalue weighted by Gasteiger charge is 2.25. The molecule has 0 saturated carbocycles. The van der Waals surface area contributed by atoms with Gasteiger partial charge in [0, 0.05) is 30.2 Å². The monoisotopic (exact) mass is 452 g/mol. The molecule has 1 fully saturated rings. The number of nitrogens with zero attached hydrogens (tertiary/aromatic N) is 1. The van der Waals surface area contributed by atoms with Crippen LogP contribution < -0.4 is 10.2 Å². The first-order valence-electron chi connectivity index (χ1n) is 12.4. The predicted octanol–water partition coefficient (Wildman–Crippen LogP) is 6.85. The van der Waals surface area contributed by atoms with Gasteiger partial charge in [0.05, 0.1) is 5.56 Å². The molecule has 1 aliphatic heterocycles. The van der Waals surface area contributed by atoms with Gasteiger partial charge in [-0.15, -0.1) is 0 Å². The van der Waals surface area contributed by atoms with Crippen molar-refractivity contribution in [2.75, 3.05) is 23.3 Å². The number of carboxylic acids is 1. The Hall–Kier alpha value is -3.53. The van der Waals surface area contributed by atoms with E-state index >= 15 is 0 Å². The highest BCUT2D eigenvalue weighted by Crippen LogP contribution is 2.34. The Bertz CT molecular complexity index is 1150. The number of hydrogen-bond acceptors (Lipinski definition) is 3. The fourth-order valence-electron chi connectivity index (χ4n) is 5.14. The van der Waals surface area contributed by atoms with Crippen molar-refractivity contribution in [3.63, 3.8) is 0 Å². The Morgan fingerprint density at radius 3 is 2.12 bits per heavy atom. The topological polar surface area (TPSA) is 52.6 Å². The van der Waals surface area contributed by atoms with Gasteiger partial charge in [0.2, 0.25) is 0 Å². The number of carbonyl (C=O) groups is 1. The zero-order valence-corrected chi connectivity index (χ0v) is 19.5. The number of rotatable bonds is 7. The lowest BCUT2D eigenvalue weighted by Crippen LogP contribution is -2.36. The second-order valence-corrected chi connectivity index (χ2v) is 9.49.